The predicted octanol–water partition coefficient (Wildman–Crippen LogP) is 3.92. The van der Waals surface area contributed by atoms with Gasteiger partial charge in [-0.15, -0.1) is 0 Å². The minimum atomic E-state index is -1.21. The van der Waals surface area contributed by atoms with Crippen molar-refractivity contribution in [1.82, 2.24) is 0 Å². The number of para-hydroxylation sites is 1. The molecule has 17 heavy (non-hydrogen) atoms. The molecule has 0 spiro atoms. The van der Waals surface area contributed by atoms with Gasteiger partial charge in [-0.25, -0.2) is 0 Å². The largest absolute Gasteiger partial charge is 0.551 e. The average molecular weight is 250 g/mol. The van der Waals surface area contributed by atoms with Crippen LogP contribution < -0.4 is 0 Å². The van der Waals surface area contributed by atoms with Crippen molar-refractivity contribution in [3.8, 4) is 5.75 Å². The van der Waals surface area contributed by atoms with Crippen LogP contribution in [0, 0.1) is 0 Å². The van der Waals surface area contributed by atoms with Crippen LogP contribution in [0.4, 0.5) is 0 Å². The Morgan fingerprint density at radius 3 is 2.24 bits per heavy atom. The van der Waals surface area contributed by atoms with Gasteiger partial charge in [0.25, 0.3) is 0 Å². The third-order valence-corrected chi connectivity index (χ3v) is 5.83. The molecule has 0 unspecified atom stereocenters. The fraction of sp³-hybridized carbons (Fsp3) is 0.429. The zero-order chi connectivity index (χ0) is 12.8. The molecule has 0 saturated carbocycles. The average Bonchev–Trinajstić information content (AvgIpc) is 2.25. The van der Waals surface area contributed by atoms with Crippen molar-refractivity contribution in [2.45, 2.75) is 38.8 Å². The zero-order valence-electron chi connectivity index (χ0n) is 11.1. The minimum absolute atomic E-state index is 0.291. The smallest absolute Gasteiger partial charge is 0.239 e. The number of rotatable bonds is 5. The molecule has 0 radical (unpaired) electrons. The van der Waals surface area contributed by atoms with Crippen molar-refractivity contribution in [3.05, 3.63) is 36.1 Å². The number of phenols is 1. The van der Waals surface area contributed by atoms with E-state index in [4.69, 9.17) is 4.43 Å². The summed E-state index contributed by atoms with van der Waals surface area (Å²) in [7, 11) is -1.21. The van der Waals surface area contributed by atoms with Crippen LogP contribution in [-0.4, -0.2) is 14.1 Å². The van der Waals surface area contributed by atoms with Crippen LogP contribution in [0.3, 0.4) is 0 Å². The van der Waals surface area contributed by atoms with Crippen molar-refractivity contribution in [2.75, 3.05) is 0 Å². The second kappa shape index (κ2) is 6.50. The van der Waals surface area contributed by atoms with Crippen molar-refractivity contribution in [1.29, 1.82) is 0 Å². The SMILES string of the molecule is CC(C)[SiH](OC=Cc1ccccc1O)C(C)C. The summed E-state index contributed by atoms with van der Waals surface area (Å²) < 4.78 is 5.87. The van der Waals surface area contributed by atoms with Crippen LogP contribution >= 0.6 is 0 Å². The summed E-state index contributed by atoms with van der Waals surface area (Å²) in [5, 5.41) is 9.60. The Balaban J connectivity index is 2.63. The first-order valence-electron chi connectivity index (χ1n) is 6.12. The van der Waals surface area contributed by atoms with Crippen LogP contribution in [0.2, 0.25) is 11.1 Å². The molecule has 0 heterocycles. The first-order chi connectivity index (χ1) is 8.02. The maximum atomic E-state index is 9.60. The molecule has 0 bridgehead atoms. The molecule has 0 aliphatic rings. The summed E-state index contributed by atoms with van der Waals surface area (Å²) in [6, 6.07) is 7.27. The van der Waals surface area contributed by atoms with Crippen molar-refractivity contribution < 1.29 is 9.53 Å². The van der Waals surface area contributed by atoms with Gasteiger partial charge < -0.3 is 9.53 Å². The topological polar surface area (TPSA) is 29.5 Å². The van der Waals surface area contributed by atoms with Crippen LogP contribution in [-0.2, 0) is 4.43 Å². The quantitative estimate of drug-likeness (QED) is 0.634. The standard InChI is InChI=1S/C14H22O2Si/c1-11(2)17(12(3)4)16-10-9-13-7-5-6-8-14(13)15/h5-12,15,17H,1-4H3. The molecular weight excluding hydrogens is 228 g/mol. The summed E-state index contributed by atoms with van der Waals surface area (Å²) in [5.74, 6) is 0.291. The molecule has 1 N–H and O–H groups in total. The summed E-state index contributed by atoms with van der Waals surface area (Å²) in [6.07, 6.45) is 3.58. The van der Waals surface area contributed by atoms with E-state index in [2.05, 4.69) is 27.7 Å². The Kier molecular flexibility index (Phi) is 5.29. The van der Waals surface area contributed by atoms with Crippen molar-refractivity contribution in [2.24, 2.45) is 0 Å². The summed E-state index contributed by atoms with van der Waals surface area (Å²) in [4.78, 5) is 0. The number of aromatic hydroxyl groups is 1. The number of benzene rings is 1. The highest BCUT2D eigenvalue weighted by molar-refractivity contribution is 6.55. The lowest BCUT2D eigenvalue weighted by Gasteiger charge is -2.21. The van der Waals surface area contributed by atoms with E-state index in [9.17, 15) is 5.11 Å². The minimum Gasteiger partial charge on any atom is -0.551 e. The molecule has 94 valence electrons. The monoisotopic (exact) mass is 250 g/mol. The van der Waals surface area contributed by atoms with Gasteiger partial charge >= 0.3 is 0 Å². The van der Waals surface area contributed by atoms with E-state index in [-0.39, 0.29) is 0 Å². The van der Waals surface area contributed by atoms with Gasteiger partial charge in [0.05, 0.1) is 6.26 Å². The molecule has 0 fully saturated rings. The molecule has 2 nitrogen and oxygen atoms in total. The highest BCUT2D eigenvalue weighted by Crippen LogP contribution is 2.22. The third-order valence-electron chi connectivity index (χ3n) is 2.73. The van der Waals surface area contributed by atoms with Crippen molar-refractivity contribution >= 4 is 15.1 Å². The van der Waals surface area contributed by atoms with E-state index in [0.29, 0.717) is 16.8 Å². The maximum Gasteiger partial charge on any atom is 0.239 e. The number of hydrogen-bond donors (Lipinski definition) is 1. The Labute approximate surface area is 106 Å². The lowest BCUT2D eigenvalue weighted by molar-refractivity contribution is 0.465. The van der Waals surface area contributed by atoms with Crippen LogP contribution in [0.25, 0.3) is 6.08 Å². The lowest BCUT2D eigenvalue weighted by Crippen LogP contribution is -2.22. The zero-order valence-corrected chi connectivity index (χ0v) is 12.2. The highest BCUT2D eigenvalue weighted by atomic mass is 28.3. The van der Waals surface area contributed by atoms with Gasteiger partial charge in [0, 0.05) is 5.56 Å². The fourth-order valence-corrected chi connectivity index (χ4v) is 4.34. The molecule has 0 saturated heterocycles. The van der Waals surface area contributed by atoms with E-state index in [0.717, 1.165) is 5.56 Å². The van der Waals surface area contributed by atoms with E-state index in [1.165, 1.54) is 0 Å². The molecule has 0 aliphatic carbocycles. The Morgan fingerprint density at radius 2 is 1.71 bits per heavy atom. The third kappa shape index (κ3) is 4.27. The fourth-order valence-electron chi connectivity index (χ4n) is 1.92. The molecule has 0 atom stereocenters. The van der Waals surface area contributed by atoms with Crippen LogP contribution in [0.1, 0.15) is 33.3 Å². The summed E-state index contributed by atoms with van der Waals surface area (Å²) in [5.41, 5.74) is 2.03. The van der Waals surface area contributed by atoms with Crippen molar-refractivity contribution in [3.63, 3.8) is 0 Å². The number of hydrogen-bond acceptors (Lipinski definition) is 2. The maximum absolute atomic E-state index is 9.60. The van der Waals surface area contributed by atoms with Gasteiger partial charge in [0.2, 0.25) is 9.04 Å². The normalized spacial score (nSPS) is 11.9. The van der Waals surface area contributed by atoms with Gasteiger partial charge in [0.1, 0.15) is 5.75 Å². The highest BCUT2D eigenvalue weighted by Gasteiger charge is 2.20. The van der Waals surface area contributed by atoms with Gasteiger partial charge in [-0.2, -0.15) is 0 Å². The molecule has 1 rings (SSSR count). The molecule has 0 aliphatic heterocycles. The van der Waals surface area contributed by atoms with E-state index in [1.807, 2.05) is 24.3 Å². The van der Waals surface area contributed by atoms with Gasteiger partial charge in [-0.05, 0) is 23.2 Å². The Morgan fingerprint density at radius 1 is 1.12 bits per heavy atom. The second-order valence-corrected chi connectivity index (χ2v) is 8.82. The van der Waals surface area contributed by atoms with Gasteiger partial charge in [-0.1, -0.05) is 45.9 Å². The van der Waals surface area contributed by atoms with Crippen LogP contribution in [0.15, 0.2) is 30.5 Å². The first-order valence-corrected chi connectivity index (χ1v) is 7.93. The van der Waals surface area contributed by atoms with E-state index >= 15 is 0 Å². The summed E-state index contributed by atoms with van der Waals surface area (Å²) >= 11 is 0. The Bertz CT molecular complexity index is 364. The van der Waals surface area contributed by atoms with Gasteiger partial charge in [-0.3, -0.25) is 0 Å². The van der Waals surface area contributed by atoms with E-state index < -0.39 is 9.04 Å². The molecular formula is C14H22O2Si. The Hall–Kier alpha value is -1.22. The van der Waals surface area contributed by atoms with Gasteiger partial charge in [0.15, 0.2) is 0 Å². The molecule has 1 aromatic carbocycles. The predicted molar refractivity (Wildman–Crippen MR) is 75.6 cm³/mol. The molecule has 3 heteroatoms. The van der Waals surface area contributed by atoms with Crippen LogP contribution in [0.5, 0.6) is 5.75 Å². The second-order valence-electron chi connectivity index (χ2n) is 4.95. The number of phenolic OH excluding ortho intramolecular Hbond substituents is 1. The molecule has 1 aromatic rings. The molecule has 0 amide bonds. The molecule has 0 aromatic heterocycles. The summed E-state index contributed by atoms with van der Waals surface area (Å²) in [6.45, 7) is 8.85. The lowest BCUT2D eigenvalue weighted by atomic mass is 10.2. The first kappa shape index (κ1) is 13.8. The van der Waals surface area contributed by atoms with E-state index in [1.54, 1.807) is 12.3 Å².